The molecular weight excluding hydrogens is 507 g/mol. The molecule has 0 unspecified atom stereocenters. The molecule has 32 heavy (non-hydrogen) atoms. The summed E-state index contributed by atoms with van der Waals surface area (Å²) in [5.74, 6) is -0.565. The minimum absolute atomic E-state index is 0.0277. The van der Waals surface area contributed by atoms with Crippen molar-refractivity contribution in [1.29, 1.82) is 0 Å². The maximum absolute atomic E-state index is 11.6. The second kappa shape index (κ2) is 8.42. The van der Waals surface area contributed by atoms with Crippen molar-refractivity contribution in [2.45, 2.75) is 23.6 Å². The lowest BCUT2D eigenvalue weighted by atomic mass is 10.2. The summed E-state index contributed by atoms with van der Waals surface area (Å²) in [4.78, 5) is -1.10. The zero-order valence-corrected chi connectivity index (χ0v) is 19.4. The molecule has 15 heteroatoms. The Kier molecular flexibility index (Phi) is 6.34. The Hall–Kier alpha value is -2.55. The number of benzene rings is 2. The van der Waals surface area contributed by atoms with Crippen molar-refractivity contribution in [3.8, 4) is 11.6 Å². The number of nitrogens with zero attached hydrogens (tertiary/aromatic N) is 4. The highest BCUT2D eigenvalue weighted by Gasteiger charge is 2.23. The van der Waals surface area contributed by atoms with Crippen molar-refractivity contribution in [2.24, 2.45) is 10.2 Å². The molecule has 0 amide bonds. The van der Waals surface area contributed by atoms with Crippen LogP contribution in [-0.4, -0.2) is 40.8 Å². The van der Waals surface area contributed by atoms with E-state index in [-0.39, 0.29) is 32.8 Å². The van der Waals surface area contributed by atoms with Crippen LogP contribution in [-0.2, 0) is 20.2 Å². The van der Waals surface area contributed by atoms with Crippen LogP contribution in [0.4, 0.5) is 11.4 Å². The van der Waals surface area contributed by atoms with E-state index in [0.717, 1.165) is 16.8 Å². The summed E-state index contributed by atoms with van der Waals surface area (Å²) >= 11 is 12.0. The highest BCUT2D eigenvalue weighted by Crippen LogP contribution is 2.38. The number of aromatic nitrogens is 2. The molecule has 0 aliphatic heterocycles. The van der Waals surface area contributed by atoms with Gasteiger partial charge in [0.05, 0.1) is 21.4 Å². The Bertz CT molecular complexity index is 1480. The monoisotopic (exact) mass is 520 g/mol. The topological polar surface area (TPSA) is 172 Å². The minimum Gasteiger partial charge on any atom is -0.492 e. The highest BCUT2D eigenvalue weighted by molar-refractivity contribution is 7.86. The molecule has 0 atom stereocenters. The average molecular weight is 521 g/mol. The fourth-order valence-corrected chi connectivity index (χ4v) is 4.72. The SMILES string of the molecule is Cc1ccc(N=Nc2c(C)nn(-c3cc(Cl)c(S(=O)(=O)O)cc3Cl)c2O)c(S(=O)(=O)O)c1. The molecule has 1 heterocycles. The number of rotatable bonds is 5. The minimum atomic E-state index is -4.64. The van der Waals surface area contributed by atoms with E-state index in [9.17, 15) is 31.0 Å². The number of aryl methyl sites for hydroxylation is 2. The maximum Gasteiger partial charge on any atom is 0.296 e. The first kappa shape index (κ1) is 24.1. The number of hydrogen-bond donors (Lipinski definition) is 3. The van der Waals surface area contributed by atoms with E-state index >= 15 is 0 Å². The number of hydrogen-bond acceptors (Lipinski definition) is 8. The number of halogens is 2. The van der Waals surface area contributed by atoms with Gasteiger partial charge in [0.1, 0.15) is 15.5 Å². The van der Waals surface area contributed by atoms with Gasteiger partial charge in [-0.2, -0.15) is 26.6 Å². The molecule has 0 saturated carbocycles. The molecule has 0 spiro atoms. The van der Waals surface area contributed by atoms with Crippen LogP contribution < -0.4 is 0 Å². The van der Waals surface area contributed by atoms with E-state index in [4.69, 9.17) is 23.2 Å². The van der Waals surface area contributed by atoms with Crippen molar-refractivity contribution in [3.63, 3.8) is 0 Å². The molecule has 0 aliphatic rings. The van der Waals surface area contributed by atoms with Gasteiger partial charge in [0.15, 0.2) is 5.69 Å². The van der Waals surface area contributed by atoms with E-state index in [0.29, 0.717) is 5.56 Å². The molecule has 3 N–H and O–H groups in total. The van der Waals surface area contributed by atoms with E-state index in [1.807, 2.05) is 0 Å². The molecule has 1 aromatic heterocycles. The van der Waals surface area contributed by atoms with E-state index in [1.54, 1.807) is 13.0 Å². The standard InChI is InChI=1S/C17H14Cl2N4O7S2/c1-8-3-4-12(15(5-8)32(28,29)30)20-21-16-9(2)22-23(17(16)24)13-6-11(19)14(7-10(13)18)31(25,26)27/h3-7,24H,1-2H3,(H,25,26,27)(H,28,29,30). The Morgan fingerprint density at radius 3 is 2.12 bits per heavy atom. The Morgan fingerprint density at radius 1 is 0.906 bits per heavy atom. The summed E-state index contributed by atoms with van der Waals surface area (Å²) in [6.45, 7) is 3.09. The van der Waals surface area contributed by atoms with Crippen molar-refractivity contribution in [2.75, 3.05) is 0 Å². The maximum atomic E-state index is 11.6. The number of azo groups is 1. The molecular formula is C17H14Cl2N4O7S2. The third kappa shape index (κ3) is 4.77. The van der Waals surface area contributed by atoms with Crippen LogP contribution in [0.3, 0.4) is 0 Å². The van der Waals surface area contributed by atoms with Crippen LogP contribution in [0.25, 0.3) is 5.69 Å². The molecule has 3 rings (SSSR count). The Balaban J connectivity index is 2.11. The van der Waals surface area contributed by atoms with Gasteiger partial charge in [-0.15, -0.1) is 10.2 Å². The van der Waals surface area contributed by atoms with Gasteiger partial charge in [-0.05, 0) is 43.7 Å². The van der Waals surface area contributed by atoms with Gasteiger partial charge in [0.25, 0.3) is 20.2 Å². The first-order valence-electron chi connectivity index (χ1n) is 8.45. The molecule has 0 fully saturated rings. The van der Waals surface area contributed by atoms with Crippen molar-refractivity contribution in [3.05, 3.63) is 51.6 Å². The van der Waals surface area contributed by atoms with Gasteiger partial charge >= 0.3 is 0 Å². The van der Waals surface area contributed by atoms with E-state index < -0.39 is 35.9 Å². The van der Waals surface area contributed by atoms with Gasteiger partial charge in [-0.1, -0.05) is 29.3 Å². The molecule has 2 aromatic carbocycles. The molecule has 11 nitrogen and oxygen atoms in total. The highest BCUT2D eigenvalue weighted by atomic mass is 35.5. The zero-order valence-electron chi connectivity index (χ0n) is 16.2. The van der Waals surface area contributed by atoms with Crippen LogP contribution in [0.2, 0.25) is 10.0 Å². The average Bonchev–Trinajstić information content (AvgIpc) is 2.94. The largest absolute Gasteiger partial charge is 0.492 e. The van der Waals surface area contributed by atoms with Gasteiger partial charge in [0, 0.05) is 0 Å². The summed E-state index contributed by atoms with van der Waals surface area (Å²) in [5.41, 5.74) is 0.349. The Labute approximate surface area is 192 Å². The van der Waals surface area contributed by atoms with Crippen LogP contribution in [0.5, 0.6) is 5.88 Å². The zero-order chi connectivity index (χ0) is 24.0. The van der Waals surface area contributed by atoms with Crippen LogP contribution in [0.1, 0.15) is 11.3 Å². The molecule has 0 radical (unpaired) electrons. The summed E-state index contributed by atoms with van der Waals surface area (Å²) in [6, 6.07) is 6.03. The fourth-order valence-electron chi connectivity index (χ4n) is 2.68. The predicted molar refractivity (Wildman–Crippen MR) is 115 cm³/mol. The summed E-state index contributed by atoms with van der Waals surface area (Å²) in [6.07, 6.45) is 0. The van der Waals surface area contributed by atoms with E-state index in [1.165, 1.54) is 19.1 Å². The normalized spacial score (nSPS) is 12.6. The second-order valence-electron chi connectivity index (χ2n) is 6.52. The third-order valence-corrected chi connectivity index (χ3v) is 6.67. The Morgan fingerprint density at radius 2 is 1.53 bits per heavy atom. The smallest absolute Gasteiger partial charge is 0.296 e. The first-order chi connectivity index (χ1) is 14.7. The summed E-state index contributed by atoms with van der Waals surface area (Å²) < 4.78 is 65.5. The van der Waals surface area contributed by atoms with Gasteiger partial charge in [0.2, 0.25) is 5.88 Å². The van der Waals surface area contributed by atoms with Gasteiger partial charge in [-0.3, -0.25) is 9.11 Å². The number of aromatic hydroxyl groups is 1. The van der Waals surface area contributed by atoms with E-state index in [2.05, 4.69) is 15.3 Å². The van der Waals surface area contributed by atoms with Crippen LogP contribution in [0.15, 0.2) is 50.4 Å². The van der Waals surface area contributed by atoms with Crippen molar-refractivity contribution >= 4 is 54.8 Å². The summed E-state index contributed by atoms with van der Waals surface area (Å²) in [5, 5.41) is 21.7. The van der Waals surface area contributed by atoms with Crippen molar-refractivity contribution < 1.29 is 31.0 Å². The fraction of sp³-hybridized carbons (Fsp3) is 0.118. The van der Waals surface area contributed by atoms with Crippen LogP contribution >= 0.6 is 23.2 Å². The van der Waals surface area contributed by atoms with Gasteiger partial charge < -0.3 is 5.11 Å². The lowest BCUT2D eigenvalue weighted by Gasteiger charge is -2.09. The molecule has 0 aliphatic carbocycles. The van der Waals surface area contributed by atoms with Crippen LogP contribution in [0, 0.1) is 13.8 Å². The van der Waals surface area contributed by atoms with Gasteiger partial charge in [-0.25, -0.2) is 0 Å². The molecule has 170 valence electrons. The van der Waals surface area contributed by atoms with Crippen molar-refractivity contribution in [1.82, 2.24) is 9.78 Å². The quantitative estimate of drug-likeness (QED) is 0.327. The molecule has 0 saturated heterocycles. The summed E-state index contributed by atoms with van der Waals surface area (Å²) in [7, 11) is -9.22. The lowest BCUT2D eigenvalue weighted by Crippen LogP contribution is -2.03. The predicted octanol–water partition coefficient (Wildman–Crippen LogP) is 4.41. The molecule has 0 bridgehead atoms. The third-order valence-electron chi connectivity index (χ3n) is 4.16. The molecule has 3 aromatic rings. The lowest BCUT2D eigenvalue weighted by molar-refractivity contribution is 0.434. The first-order valence-corrected chi connectivity index (χ1v) is 12.1. The second-order valence-corrected chi connectivity index (χ2v) is 10.1.